The zero-order valence-corrected chi connectivity index (χ0v) is 30.2. The SMILES string of the molecule is COc1cc2c(cc1O)CCN[C@]21C[S+]([O-])[C@@H]2c3c(O)c(C)c4c(c3[C@H](COC1=O)N1[C@@H]2C2c3c(cc(C)c(OC)c3O)CC([C@@H]1O)N2C)OCO4. The summed E-state index contributed by atoms with van der Waals surface area (Å²) in [5.41, 5.74) is 2.95. The number of hydrogen-bond acceptors (Lipinski definition) is 14. The van der Waals surface area contributed by atoms with Gasteiger partial charge in [-0.3, -0.25) is 15.1 Å². The Labute approximate surface area is 303 Å². The second kappa shape index (κ2) is 11.7. The van der Waals surface area contributed by atoms with E-state index in [1.54, 1.807) is 19.1 Å². The van der Waals surface area contributed by atoms with Gasteiger partial charge >= 0.3 is 5.97 Å². The number of carbonyl (C=O) groups excluding carboxylic acids is 1. The number of phenolic OH excluding ortho intramolecular Hbond substituents is 3. The number of benzene rings is 3. The smallest absolute Gasteiger partial charge is 0.336 e. The molecule has 7 aliphatic rings. The molecule has 0 aromatic heterocycles. The molecule has 7 aliphatic heterocycles. The Hall–Kier alpha value is -4.12. The number of methoxy groups -OCH3 is 2. The van der Waals surface area contributed by atoms with Crippen LogP contribution in [-0.2, 0) is 39.1 Å². The van der Waals surface area contributed by atoms with Gasteiger partial charge < -0.3 is 48.7 Å². The molecule has 14 nitrogen and oxygen atoms in total. The van der Waals surface area contributed by atoms with Crippen molar-refractivity contribution in [2.24, 2.45) is 0 Å². The minimum Gasteiger partial charge on any atom is -0.616 e. The van der Waals surface area contributed by atoms with E-state index in [-0.39, 0.29) is 42.2 Å². The van der Waals surface area contributed by atoms with Crippen LogP contribution in [0.2, 0.25) is 0 Å². The Morgan fingerprint density at radius 3 is 2.52 bits per heavy atom. The standard InChI is InChI=1S/C37H41N3O11S/c1-15-8-18-9-20-35(44)40-21-12-49-36(45)37(19-11-23(47-4)22(41)10-17(19)6-7-38-37)13-52(46)34(26-25(21)33-32(50-14-51-33)16(2)29(26)42)28(40)27(39(20)3)24(18)30(43)31(15)48-5/h8,10-11,20-21,27-28,34-35,38,41-44H,6-7,9,12-14H2,1-5H3/t20?,21-,27?,28+,34+,35-,37+,52?/m0/s1. The Morgan fingerprint density at radius 1 is 1.00 bits per heavy atom. The number of phenols is 3. The first-order valence-electron chi connectivity index (χ1n) is 17.3. The molecule has 0 amide bonds. The van der Waals surface area contributed by atoms with Crippen LogP contribution >= 0.6 is 0 Å². The van der Waals surface area contributed by atoms with Crippen molar-refractivity contribution >= 4 is 17.1 Å². The number of hydrogen-bond donors (Lipinski definition) is 5. The summed E-state index contributed by atoms with van der Waals surface area (Å²) >= 11 is -2.01. The molecule has 5 N–H and O–H groups in total. The molecule has 3 aromatic rings. The summed E-state index contributed by atoms with van der Waals surface area (Å²) < 4.78 is 44.9. The molecule has 8 atom stereocenters. The van der Waals surface area contributed by atoms with E-state index in [2.05, 4.69) is 5.32 Å². The number of ether oxygens (including phenoxy) is 5. The first-order chi connectivity index (χ1) is 24.9. The summed E-state index contributed by atoms with van der Waals surface area (Å²) in [5.74, 6) is -0.0283. The molecule has 3 aromatic carbocycles. The third kappa shape index (κ3) is 4.28. The quantitative estimate of drug-likeness (QED) is 0.191. The monoisotopic (exact) mass is 735 g/mol. The number of fused-ring (bicyclic) bond motifs is 9. The lowest BCUT2D eigenvalue weighted by Crippen LogP contribution is -2.71. The van der Waals surface area contributed by atoms with Crippen LogP contribution in [-0.4, -0.2) is 106 Å². The molecule has 10 rings (SSSR count). The van der Waals surface area contributed by atoms with Crippen LogP contribution in [0.25, 0.3) is 0 Å². The number of likely N-dealkylation sites (N-methyl/N-ethyl adjacent to an activating group) is 1. The van der Waals surface area contributed by atoms with Crippen molar-refractivity contribution in [1.29, 1.82) is 0 Å². The van der Waals surface area contributed by atoms with E-state index in [9.17, 15) is 25.2 Å². The number of aliphatic hydroxyl groups excluding tert-OH is 1. The Balaban J connectivity index is 1.32. The van der Waals surface area contributed by atoms with Crippen LogP contribution in [0.15, 0.2) is 18.2 Å². The number of rotatable bonds is 2. The number of aryl methyl sites for hydroxylation is 1. The van der Waals surface area contributed by atoms with E-state index < -0.39 is 58.3 Å². The minimum absolute atomic E-state index is 0.0353. The second-order valence-electron chi connectivity index (χ2n) is 14.6. The van der Waals surface area contributed by atoms with Gasteiger partial charge in [0.25, 0.3) is 0 Å². The topological polar surface area (TPSA) is 186 Å². The minimum atomic E-state index is -2.01. The van der Waals surface area contributed by atoms with Gasteiger partial charge in [0, 0.05) is 23.2 Å². The fraction of sp³-hybridized carbons (Fsp3) is 0.486. The average Bonchev–Trinajstić information content (AvgIpc) is 3.61. The van der Waals surface area contributed by atoms with Crippen LogP contribution in [0.5, 0.6) is 40.2 Å². The molecule has 0 aliphatic carbocycles. The first-order valence-corrected chi connectivity index (χ1v) is 18.7. The summed E-state index contributed by atoms with van der Waals surface area (Å²) in [6.07, 6.45) is -0.259. The molecule has 4 bridgehead atoms. The molecule has 2 saturated heterocycles. The molecular formula is C37H41N3O11S. The molecule has 2 fully saturated rings. The van der Waals surface area contributed by atoms with Gasteiger partial charge in [0.1, 0.15) is 24.3 Å². The predicted molar refractivity (Wildman–Crippen MR) is 185 cm³/mol. The highest BCUT2D eigenvalue weighted by Crippen LogP contribution is 2.63. The number of aromatic hydroxyl groups is 3. The van der Waals surface area contributed by atoms with Gasteiger partial charge in [-0.2, -0.15) is 0 Å². The number of carbonyl (C=O) groups is 1. The lowest BCUT2D eigenvalue weighted by molar-refractivity contribution is -0.187. The highest BCUT2D eigenvalue weighted by Gasteiger charge is 2.64. The summed E-state index contributed by atoms with van der Waals surface area (Å²) in [5, 5.41) is 49.5. The van der Waals surface area contributed by atoms with Crippen molar-refractivity contribution in [1.82, 2.24) is 15.1 Å². The normalized spacial score (nSPS) is 31.7. The van der Waals surface area contributed by atoms with Gasteiger partial charge in [0.2, 0.25) is 6.79 Å². The van der Waals surface area contributed by atoms with Crippen molar-refractivity contribution in [3.05, 3.63) is 62.7 Å². The number of nitrogens with one attached hydrogen (secondary N) is 1. The molecule has 15 heteroatoms. The number of nitrogens with zero attached hydrogens (tertiary/aromatic N) is 2. The third-order valence-corrected chi connectivity index (χ3v) is 14.0. The van der Waals surface area contributed by atoms with Gasteiger partial charge in [0.05, 0.1) is 44.0 Å². The summed E-state index contributed by atoms with van der Waals surface area (Å²) in [4.78, 5) is 18.4. The van der Waals surface area contributed by atoms with Crippen molar-refractivity contribution in [2.45, 2.75) is 67.9 Å². The van der Waals surface area contributed by atoms with E-state index in [4.69, 9.17) is 23.7 Å². The van der Waals surface area contributed by atoms with Gasteiger partial charge in [-0.05, 0) is 79.3 Å². The molecule has 276 valence electrons. The highest BCUT2D eigenvalue weighted by atomic mass is 32.2. The van der Waals surface area contributed by atoms with E-state index in [1.807, 2.05) is 29.8 Å². The van der Waals surface area contributed by atoms with Gasteiger partial charge in [-0.25, -0.2) is 4.79 Å². The lowest BCUT2D eigenvalue weighted by atomic mass is 9.73. The zero-order valence-electron chi connectivity index (χ0n) is 29.4. The Bertz CT molecular complexity index is 2040. The summed E-state index contributed by atoms with van der Waals surface area (Å²) in [6.45, 7) is 3.53. The summed E-state index contributed by atoms with van der Waals surface area (Å²) in [6, 6.07) is 2.33. The Kier molecular flexibility index (Phi) is 7.58. The number of piperazine rings is 1. The molecular weight excluding hydrogens is 694 g/mol. The maximum atomic E-state index is 15.7. The van der Waals surface area contributed by atoms with Gasteiger partial charge in [0.15, 0.2) is 45.3 Å². The first kappa shape index (κ1) is 33.7. The lowest BCUT2D eigenvalue weighted by Gasteiger charge is -2.61. The molecule has 0 saturated carbocycles. The zero-order chi connectivity index (χ0) is 36.5. The fourth-order valence-corrected chi connectivity index (χ4v) is 12.0. The van der Waals surface area contributed by atoms with Crippen LogP contribution < -0.4 is 24.3 Å². The molecule has 52 heavy (non-hydrogen) atoms. The molecule has 7 heterocycles. The van der Waals surface area contributed by atoms with Crippen LogP contribution in [0.4, 0.5) is 0 Å². The van der Waals surface area contributed by atoms with E-state index in [1.165, 1.54) is 14.2 Å². The summed E-state index contributed by atoms with van der Waals surface area (Å²) in [7, 11) is 4.80. The van der Waals surface area contributed by atoms with Gasteiger partial charge in [-0.1, -0.05) is 6.07 Å². The van der Waals surface area contributed by atoms with Crippen molar-refractivity contribution in [3.8, 4) is 40.2 Å². The number of esters is 1. The van der Waals surface area contributed by atoms with Gasteiger partial charge in [-0.15, -0.1) is 0 Å². The average molecular weight is 736 g/mol. The highest BCUT2D eigenvalue weighted by molar-refractivity contribution is 7.91. The Morgan fingerprint density at radius 2 is 1.77 bits per heavy atom. The van der Waals surface area contributed by atoms with Crippen molar-refractivity contribution in [2.75, 3.05) is 47.0 Å². The van der Waals surface area contributed by atoms with E-state index in [0.717, 1.165) is 11.1 Å². The van der Waals surface area contributed by atoms with E-state index >= 15 is 4.55 Å². The second-order valence-corrected chi connectivity index (χ2v) is 16.1. The van der Waals surface area contributed by atoms with Crippen molar-refractivity contribution in [3.63, 3.8) is 0 Å². The van der Waals surface area contributed by atoms with Crippen molar-refractivity contribution < 1.29 is 53.5 Å². The third-order valence-electron chi connectivity index (χ3n) is 12.2. The molecule has 0 radical (unpaired) electrons. The van der Waals surface area contributed by atoms with E-state index in [0.29, 0.717) is 70.0 Å². The maximum Gasteiger partial charge on any atom is 0.336 e. The van der Waals surface area contributed by atoms with Crippen LogP contribution in [0.3, 0.4) is 0 Å². The van der Waals surface area contributed by atoms with Crippen LogP contribution in [0.1, 0.15) is 61.8 Å². The largest absolute Gasteiger partial charge is 0.616 e. The van der Waals surface area contributed by atoms with Crippen LogP contribution in [0, 0.1) is 13.8 Å². The predicted octanol–water partition coefficient (Wildman–Crippen LogP) is 2.21. The molecule has 1 spiro atoms. The maximum absolute atomic E-state index is 15.7. The number of aliphatic hydroxyl groups is 1. The fourth-order valence-electron chi connectivity index (χ4n) is 9.93. The molecule has 3 unspecified atom stereocenters.